The summed E-state index contributed by atoms with van der Waals surface area (Å²) in [5, 5.41) is 3.26. The van der Waals surface area contributed by atoms with E-state index in [2.05, 4.69) is 20.0 Å². The molecule has 1 saturated carbocycles. The monoisotopic (exact) mass is 416 g/mol. The first-order chi connectivity index (χ1) is 14.0. The lowest BCUT2D eigenvalue weighted by Gasteiger charge is -2.58. The lowest BCUT2D eigenvalue weighted by atomic mass is 9.61. The first-order valence-electron chi connectivity index (χ1n) is 9.31. The van der Waals surface area contributed by atoms with Gasteiger partial charge < -0.3 is 19.7 Å². The van der Waals surface area contributed by atoms with Crippen molar-refractivity contribution in [3.8, 4) is 0 Å². The molecule has 2 aliphatic rings. The molecule has 9 heteroatoms. The van der Waals surface area contributed by atoms with Gasteiger partial charge in [-0.25, -0.2) is 19.6 Å². The van der Waals surface area contributed by atoms with Crippen molar-refractivity contribution < 1.29 is 19.1 Å². The second-order valence-electron chi connectivity index (χ2n) is 7.54. The van der Waals surface area contributed by atoms with E-state index in [1.54, 1.807) is 4.90 Å². The third-order valence-electron chi connectivity index (χ3n) is 5.32. The standard InChI is InChI=1S/C20H21ClN4O4/c1-28-17(26)15-7-16(24-18(21)23-15)22-14-8-20(9-14)11-25(12-20)19(27)29-10-13-5-3-2-4-6-13/h2-7,14H,8-12H2,1H3,(H,22,23,24). The van der Waals surface area contributed by atoms with E-state index in [-0.39, 0.29) is 35.1 Å². The first kappa shape index (κ1) is 19.4. The van der Waals surface area contributed by atoms with Gasteiger partial charge in [0.25, 0.3) is 0 Å². The van der Waals surface area contributed by atoms with Crippen LogP contribution in [0.4, 0.5) is 10.6 Å². The maximum absolute atomic E-state index is 12.2. The average Bonchev–Trinajstić information content (AvgIpc) is 2.66. The molecule has 0 bridgehead atoms. The van der Waals surface area contributed by atoms with E-state index in [1.165, 1.54) is 13.2 Å². The van der Waals surface area contributed by atoms with Crippen LogP contribution in [-0.2, 0) is 16.1 Å². The molecule has 2 aromatic rings. The zero-order chi connectivity index (χ0) is 20.4. The average molecular weight is 417 g/mol. The summed E-state index contributed by atoms with van der Waals surface area (Å²) in [5.74, 6) is -0.0743. The van der Waals surface area contributed by atoms with Gasteiger partial charge >= 0.3 is 12.1 Å². The Morgan fingerprint density at radius 2 is 1.97 bits per heavy atom. The van der Waals surface area contributed by atoms with Gasteiger partial charge in [0, 0.05) is 30.6 Å². The number of rotatable bonds is 5. The Bertz CT molecular complexity index is 910. The molecule has 1 aromatic carbocycles. The predicted molar refractivity (Wildman–Crippen MR) is 106 cm³/mol. The molecule has 1 aliphatic carbocycles. The minimum atomic E-state index is -0.564. The summed E-state index contributed by atoms with van der Waals surface area (Å²) in [6.07, 6.45) is 1.54. The lowest BCUT2D eigenvalue weighted by Crippen LogP contribution is -2.66. The molecule has 1 aliphatic heterocycles. The van der Waals surface area contributed by atoms with Gasteiger partial charge in [0.05, 0.1) is 7.11 Å². The number of methoxy groups -OCH3 is 1. The third-order valence-corrected chi connectivity index (χ3v) is 5.49. The molecular formula is C20H21ClN4O4. The number of nitrogens with zero attached hydrogens (tertiary/aromatic N) is 3. The van der Waals surface area contributed by atoms with Gasteiger partial charge in [0.15, 0.2) is 5.69 Å². The van der Waals surface area contributed by atoms with Crippen molar-refractivity contribution in [2.24, 2.45) is 5.41 Å². The van der Waals surface area contributed by atoms with Gasteiger partial charge in [-0.1, -0.05) is 30.3 Å². The number of benzene rings is 1. The van der Waals surface area contributed by atoms with E-state index in [9.17, 15) is 9.59 Å². The molecule has 2 heterocycles. The van der Waals surface area contributed by atoms with Crippen LogP contribution in [0.5, 0.6) is 0 Å². The molecule has 1 saturated heterocycles. The number of hydrogen-bond donors (Lipinski definition) is 1. The largest absolute Gasteiger partial charge is 0.464 e. The number of hydrogen-bond acceptors (Lipinski definition) is 7. The molecule has 2 fully saturated rings. The van der Waals surface area contributed by atoms with Crippen molar-refractivity contribution in [2.75, 3.05) is 25.5 Å². The molecule has 0 atom stereocenters. The van der Waals surface area contributed by atoms with Crippen LogP contribution in [0.3, 0.4) is 0 Å². The maximum Gasteiger partial charge on any atom is 0.410 e. The highest BCUT2D eigenvalue weighted by Crippen LogP contribution is 2.49. The highest BCUT2D eigenvalue weighted by Gasteiger charge is 2.54. The van der Waals surface area contributed by atoms with Gasteiger partial charge in [0.1, 0.15) is 12.4 Å². The first-order valence-corrected chi connectivity index (χ1v) is 9.69. The zero-order valence-electron chi connectivity index (χ0n) is 15.9. The fourth-order valence-corrected chi connectivity index (χ4v) is 4.14. The maximum atomic E-state index is 12.2. The number of carbonyl (C=O) groups excluding carboxylic acids is 2. The highest BCUT2D eigenvalue weighted by atomic mass is 35.5. The molecule has 1 amide bonds. The molecule has 29 heavy (non-hydrogen) atoms. The van der Waals surface area contributed by atoms with Crippen LogP contribution in [0, 0.1) is 5.41 Å². The van der Waals surface area contributed by atoms with Crippen molar-refractivity contribution in [3.63, 3.8) is 0 Å². The number of anilines is 1. The number of halogens is 1. The summed E-state index contributed by atoms with van der Waals surface area (Å²) >= 11 is 5.89. The number of ether oxygens (including phenoxy) is 2. The number of aromatic nitrogens is 2. The topological polar surface area (TPSA) is 93.7 Å². The lowest BCUT2D eigenvalue weighted by molar-refractivity contribution is -0.0601. The molecular weight excluding hydrogens is 396 g/mol. The van der Waals surface area contributed by atoms with E-state index in [0.717, 1.165) is 18.4 Å². The summed E-state index contributed by atoms with van der Waals surface area (Å²) in [5.41, 5.74) is 1.21. The van der Waals surface area contributed by atoms with Crippen molar-refractivity contribution in [1.29, 1.82) is 0 Å². The van der Waals surface area contributed by atoms with Gasteiger partial charge in [0.2, 0.25) is 5.28 Å². The molecule has 1 aromatic heterocycles. The minimum absolute atomic E-state index is 0.0135. The van der Waals surface area contributed by atoms with E-state index in [0.29, 0.717) is 18.9 Å². The van der Waals surface area contributed by atoms with Crippen LogP contribution in [0.2, 0.25) is 5.28 Å². The Hall–Kier alpha value is -2.87. The Labute approximate surface area is 173 Å². The second-order valence-corrected chi connectivity index (χ2v) is 7.88. The Morgan fingerprint density at radius 3 is 2.66 bits per heavy atom. The zero-order valence-corrected chi connectivity index (χ0v) is 16.7. The Balaban J connectivity index is 1.23. The highest BCUT2D eigenvalue weighted by molar-refractivity contribution is 6.28. The van der Waals surface area contributed by atoms with E-state index in [4.69, 9.17) is 16.3 Å². The van der Waals surface area contributed by atoms with Crippen LogP contribution in [0.15, 0.2) is 36.4 Å². The van der Waals surface area contributed by atoms with Gasteiger partial charge in [-0.2, -0.15) is 0 Å². The van der Waals surface area contributed by atoms with Crippen molar-refractivity contribution >= 4 is 29.5 Å². The van der Waals surface area contributed by atoms with Crippen LogP contribution >= 0.6 is 11.6 Å². The summed E-state index contributed by atoms with van der Waals surface area (Å²) < 4.78 is 10.0. The number of likely N-dealkylation sites (tertiary alicyclic amines) is 1. The van der Waals surface area contributed by atoms with Crippen LogP contribution in [0.25, 0.3) is 0 Å². The minimum Gasteiger partial charge on any atom is -0.464 e. The molecule has 152 valence electrons. The normalized spacial score (nSPS) is 17.2. The van der Waals surface area contributed by atoms with E-state index < -0.39 is 5.97 Å². The van der Waals surface area contributed by atoms with Crippen LogP contribution in [0.1, 0.15) is 28.9 Å². The van der Waals surface area contributed by atoms with Gasteiger partial charge in [-0.3, -0.25) is 0 Å². The fourth-order valence-electron chi connectivity index (χ4n) is 3.96. The van der Waals surface area contributed by atoms with Crippen LogP contribution in [-0.4, -0.2) is 53.2 Å². The Kier molecular flexibility index (Phi) is 5.27. The summed E-state index contributed by atoms with van der Waals surface area (Å²) in [4.78, 5) is 33.5. The second kappa shape index (κ2) is 7.87. The fraction of sp³-hybridized carbons (Fsp3) is 0.400. The number of nitrogens with one attached hydrogen (secondary N) is 1. The smallest absolute Gasteiger partial charge is 0.410 e. The molecule has 4 rings (SSSR count). The summed E-state index contributed by atoms with van der Waals surface area (Å²) in [6, 6.07) is 11.4. The molecule has 0 unspecified atom stereocenters. The molecule has 8 nitrogen and oxygen atoms in total. The number of carbonyl (C=O) groups is 2. The molecule has 0 radical (unpaired) electrons. The van der Waals surface area contributed by atoms with E-state index >= 15 is 0 Å². The van der Waals surface area contributed by atoms with Crippen molar-refractivity contribution in [2.45, 2.75) is 25.5 Å². The predicted octanol–water partition coefficient (Wildman–Crippen LogP) is 3.13. The quantitative estimate of drug-likeness (QED) is 0.591. The Morgan fingerprint density at radius 1 is 1.24 bits per heavy atom. The summed E-state index contributed by atoms with van der Waals surface area (Å²) in [6.45, 7) is 1.66. The van der Waals surface area contributed by atoms with Gasteiger partial charge in [-0.15, -0.1) is 0 Å². The van der Waals surface area contributed by atoms with Crippen molar-refractivity contribution in [1.82, 2.24) is 14.9 Å². The summed E-state index contributed by atoms with van der Waals surface area (Å²) in [7, 11) is 1.29. The van der Waals surface area contributed by atoms with Crippen LogP contribution < -0.4 is 5.32 Å². The molecule has 1 N–H and O–H groups in total. The number of amides is 1. The third kappa shape index (κ3) is 4.27. The van der Waals surface area contributed by atoms with E-state index in [1.807, 2.05) is 30.3 Å². The van der Waals surface area contributed by atoms with Crippen molar-refractivity contribution in [3.05, 3.63) is 52.9 Å². The SMILES string of the molecule is COC(=O)c1cc(NC2CC3(C2)CN(C(=O)OCc2ccccc2)C3)nc(Cl)n1. The molecule has 1 spiro atoms. The van der Waals surface area contributed by atoms with Gasteiger partial charge in [-0.05, 0) is 30.0 Å². The number of esters is 1.